The molecular formula is C13H15FN2O3. The Kier molecular flexibility index (Phi) is 3.69. The molecule has 19 heavy (non-hydrogen) atoms. The lowest BCUT2D eigenvalue weighted by molar-refractivity contribution is -0.121. The number of likely N-dealkylation sites (N-methyl/N-ethyl adjacent to an activating group) is 1. The van der Waals surface area contributed by atoms with Gasteiger partial charge in [-0.05, 0) is 25.0 Å². The molecule has 2 rings (SSSR count). The van der Waals surface area contributed by atoms with Crippen LogP contribution in [0.5, 0.6) is 5.75 Å². The summed E-state index contributed by atoms with van der Waals surface area (Å²) in [5.74, 6) is -1.81. The summed E-state index contributed by atoms with van der Waals surface area (Å²) in [6.45, 7) is -0.0911. The molecule has 0 aromatic heterocycles. The Bertz CT molecular complexity index is 515. The first kappa shape index (κ1) is 13.3. The first-order chi connectivity index (χ1) is 8.97. The molecule has 1 aromatic carbocycles. The number of hydrogen-bond acceptors (Lipinski definition) is 3. The van der Waals surface area contributed by atoms with E-state index < -0.39 is 17.5 Å². The molecule has 1 aliphatic rings. The van der Waals surface area contributed by atoms with Gasteiger partial charge >= 0.3 is 0 Å². The molecule has 1 fully saturated rings. The lowest BCUT2D eigenvalue weighted by Gasteiger charge is -2.17. The van der Waals surface area contributed by atoms with Crippen LogP contribution in [0.3, 0.4) is 0 Å². The van der Waals surface area contributed by atoms with Crippen LogP contribution in [-0.2, 0) is 4.79 Å². The lowest BCUT2D eigenvalue weighted by Crippen LogP contribution is -2.39. The van der Waals surface area contributed by atoms with Crippen LogP contribution in [0.25, 0.3) is 0 Å². The van der Waals surface area contributed by atoms with Gasteiger partial charge in [0.05, 0.1) is 12.1 Å². The van der Waals surface area contributed by atoms with E-state index in [-0.39, 0.29) is 24.1 Å². The molecule has 1 aromatic rings. The third kappa shape index (κ3) is 3.43. The molecule has 102 valence electrons. The molecule has 0 saturated heterocycles. The Morgan fingerprint density at radius 1 is 1.47 bits per heavy atom. The Balaban J connectivity index is 1.99. The third-order valence-electron chi connectivity index (χ3n) is 2.86. The van der Waals surface area contributed by atoms with E-state index in [2.05, 4.69) is 5.32 Å². The van der Waals surface area contributed by atoms with Crippen molar-refractivity contribution in [2.45, 2.75) is 18.9 Å². The highest BCUT2D eigenvalue weighted by Gasteiger charge is 2.25. The first-order valence-corrected chi connectivity index (χ1v) is 6.00. The van der Waals surface area contributed by atoms with Crippen molar-refractivity contribution in [2.75, 3.05) is 13.6 Å². The highest BCUT2D eigenvalue weighted by atomic mass is 19.1. The summed E-state index contributed by atoms with van der Waals surface area (Å²) in [7, 11) is 1.46. The number of amides is 2. The lowest BCUT2D eigenvalue weighted by atomic mass is 10.1. The maximum absolute atomic E-state index is 12.8. The zero-order valence-electron chi connectivity index (χ0n) is 10.5. The number of phenolic OH excluding ortho intramolecular Hbond substituents is 1. The predicted octanol–water partition coefficient (Wildman–Crippen LogP) is 0.882. The Morgan fingerprint density at radius 2 is 2.16 bits per heavy atom. The van der Waals surface area contributed by atoms with Crippen LogP contribution in [0.4, 0.5) is 4.39 Å². The summed E-state index contributed by atoms with van der Waals surface area (Å²) in [5.41, 5.74) is -0.0249. The first-order valence-electron chi connectivity index (χ1n) is 6.00. The van der Waals surface area contributed by atoms with E-state index in [0.29, 0.717) is 0 Å². The topological polar surface area (TPSA) is 69.6 Å². The van der Waals surface area contributed by atoms with E-state index >= 15 is 0 Å². The molecule has 5 nitrogen and oxygen atoms in total. The minimum atomic E-state index is -0.622. The fourth-order valence-electron chi connectivity index (χ4n) is 1.68. The summed E-state index contributed by atoms with van der Waals surface area (Å²) >= 11 is 0. The number of benzene rings is 1. The molecule has 2 N–H and O–H groups in total. The molecule has 2 amide bonds. The average Bonchev–Trinajstić information content (AvgIpc) is 3.11. The average molecular weight is 266 g/mol. The summed E-state index contributed by atoms with van der Waals surface area (Å²) in [6.07, 6.45) is 1.95. The van der Waals surface area contributed by atoms with Crippen LogP contribution >= 0.6 is 0 Å². The molecule has 0 bridgehead atoms. The molecule has 6 heteroatoms. The van der Waals surface area contributed by atoms with E-state index in [4.69, 9.17) is 0 Å². The fraction of sp³-hybridized carbons (Fsp3) is 0.385. The summed E-state index contributed by atoms with van der Waals surface area (Å²) in [6, 6.07) is 3.38. The van der Waals surface area contributed by atoms with Gasteiger partial charge in [0.1, 0.15) is 11.6 Å². The van der Waals surface area contributed by atoms with Crippen LogP contribution in [0.1, 0.15) is 23.2 Å². The molecule has 0 aliphatic heterocycles. The molecule has 0 radical (unpaired) electrons. The molecular weight excluding hydrogens is 251 g/mol. The van der Waals surface area contributed by atoms with E-state index in [1.54, 1.807) is 0 Å². The SMILES string of the molecule is CN(CC(=O)NC1CC1)C(=O)c1ccc(F)cc1O. The highest BCUT2D eigenvalue weighted by Crippen LogP contribution is 2.20. The Hall–Kier alpha value is -2.11. The fourth-order valence-corrected chi connectivity index (χ4v) is 1.68. The second-order valence-electron chi connectivity index (χ2n) is 4.66. The van der Waals surface area contributed by atoms with Crippen molar-refractivity contribution in [1.29, 1.82) is 0 Å². The second kappa shape index (κ2) is 5.26. The number of rotatable bonds is 4. The van der Waals surface area contributed by atoms with E-state index in [1.807, 2.05) is 0 Å². The van der Waals surface area contributed by atoms with Gasteiger partial charge in [-0.3, -0.25) is 9.59 Å². The Morgan fingerprint density at radius 3 is 2.74 bits per heavy atom. The molecule has 1 saturated carbocycles. The standard InChI is InChI=1S/C13H15FN2O3/c1-16(7-12(18)15-9-3-4-9)13(19)10-5-2-8(14)6-11(10)17/h2,5-6,9,17H,3-4,7H2,1H3,(H,15,18). The van der Waals surface area contributed by atoms with Crippen LogP contribution < -0.4 is 5.32 Å². The van der Waals surface area contributed by atoms with Gasteiger partial charge in [0.2, 0.25) is 5.91 Å². The number of aromatic hydroxyl groups is 1. The van der Waals surface area contributed by atoms with Gasteiger partial charge in [0, 0.05) is 19.2 Å². The van der Waals surface area contributed by atoms with E-state index in [0.717, 1.165) is 25.0 Å². The minimum absolute atomic E-state index is 0.0249. The van der Waals surface area contributed by atoms with Crippen molar-refractivity contribution >= 4 is 11.8 Å². The monoisotopic (exact) mass is 266 g/mol. The highest BCUT2D eigenvalue weighted by molar-refractivity contribution is 5.98. The van der Waals surface area contributed by atoms with Crippen molar-refractivity contribution in [2.24, 2.45) is 0 Å². The number of carbonyl (C=O) groups excluding carboxylic acids is 2. The van der Waals surface area contributed by atoms with Gasteiger partial charge in [-0.25, -0.2) is 4.39 Å². The van der Waals surface area contributed by atoms with E-state index in [9.17, 15) is 19.1 Å². The quantitative estimate of drug-likeness (QED) is 0.850. The van der Waals surface area contributed by atoms with Gasteiger partial charge in [0.25, 0.3) is 5.91 Å². The van der Waals surface area contributed by atoms with Gasteiger partial charge in [-0.2, -0.15) is 0 Å². The van der Waals surface area contributed by atoms with Crippen LogP contribution in [0, 0.1) is 5.82 Å². The number of phenols is 1. The maximum atomic E-state index is 12.8. The maximum Gasteiger partial charge on any atom is 0.257 e. The molecule has 1 aliphatic carbocycles. The smallest absolute Gasteiger partial charge is 0.257 e. The normalized spacial score (nSPS) is 14.0. The minimum Gasteiger partial charge on any atom is -0.507 e. The van der Waals surface area contributed by atoms with Crippen molar-refractivity contribution in [1.82, 2.24) is 10.2 Å². The molecule has 0 spiro atoms. The number of hydrogen-bond donors (Lipinski definition) is 2. The van der Waals surface area contributed by atoms with Gasteiger partial charge in [0.15, 0.2) is 0 Å². The predicted molar refractivity (Wildman–Crippen MR) is 66.2 cm³/mol. The summed E-state index contributed by atoms with van der Waals surface area (Å²) in [4.78, 5) is 24.7. The Labute approximate surface area is 110 Å². The van der Waals surface area contributed by atoms with Crippen molar-refractivity contribution in [3.8, 4) is 5.75 Å². The summed E-state index contributed by atoms with van der Waals surface area (Å²) < 4.78 is 12.8. The molecule has 0 atom stereocenters. The number of nitrogens with zero attached hydrogens (tertiary/aromatic N) is 1. The zero-order chi connectivity index (χ0) is 14.0. The van der Waals surface area contributed by atoms with Gasteiger partial charge in [-0.15, -0.1) is 0 Å². The summed E-state index contributed by atoms with van der Waals surface area (Å²) in [5, 5.41) is 12.3. The van der Waals surface area contributed by atoms with Crippen molar-refractivity contribution in [3.05, 3.63) is 29.6 Å². The van der Waals surface area contributed by atoms with Crippen LogP contribution in [-0.4, -0.2) is 41.5 Å². The number of nitrogens with one attached hydrogen (secondary N) is 1. The molecule has 0 heterocycles. The molecule has 0 unspecified atom stereocenters. The van der Waals surface area contributed by atoms with Crippen LogP contribution in [0.2, 0.25) is 0 Å². The number of halogens is 1. The zero-order valence-corrected chi connectivity index (χ0v) is 10.5. The van der Waals surface area contributed by atoms with Crippen LogP contribution in [0.15, 0.2) is 18.2 Å². The van der Waals surface area contributed by atoms with Crippen molar-refractivity contribution in [3.63, 3.8) is 0 Å². The van der Waals surface area contributed by atoms with Gasteiger partial charge < -0.3 is 15.3 Å². The second-order valence-corrected chi connectivity index (χ2v) is 4.66. The number of carbonyl (C=O) groups is 2. The van der Waals surface area contributed by atoms with E-state index in [1.165, 1.54) is 18.0 Å². The third-order valence-corrected chi connectivity index (χ3v) is 2.86. The largest absolute Gasteiger partial charge is 0.507 e. The van der Waals surface area contributed by atoms with Gasteiger partial charge in [-0.1, -0.05) is 0 Å². The van der Waals surface area contributed by atoms with Crippen molar-refractivity contribution < 1.29 is 19.1 Å².